The molecule has 1 aromatic carbocycles. The zero-order valence-electron chi connectivity index (χ0n) is 12.6. The van der Waals surface area contributed by atoms with Gasteiger partial charge in [-0.25, -0.2) is 4.98 Å². The van der Waals surface area contributed by atoms with Gasteiger partial charge in [0.2, 0.25) is 0 Å². The predicted octanol–water partition coefficient (Wildman–Crippen LogP) is 4.34. The summed E-state index contributed by atoms with van der Waals surface area (Å²) < 4.78 is 0. The maximum absolute atomic E-state index is 4.74. The summed E-state index contributed by atoms with van der Waals surface area (Å²) >= 11 is 1.72. The number of aryl methyl sites for hydroxylation is 1. The Bertz CT molecular complexity index is 574. The lowest BCUT2D eigenvalue weighted by Crippen LogP contribution is -2.26. The van der Waals surface area contributed by atoms with Crippen LogP contribution in [-0.2, 0) is 6.42 Å². The van der Waals surface area contributed by atoms with E-state index in [2.05, 4.69) is 54.6 Å². The molecule has 0 bridgehead atoms. The highest BCUT2D eigenvalue weighted by atomic mass is 32.1. The second kappa shape index (κ2) is 7.91. The molecule has 0 aliphatic heterocycles. The van der Waals surface area contributed by atoms with Crippen molar-refractivity contribution in [3.8, 4) is 10.6 Å². The van der Waals surface area contributed by atoms with E-state index in [-0.39, 0.29) is 0 Å². The smallest absolute Gasteiger partial charge is 0.123 e. The third-order valence-electron chi connectivity index (χ3n) is 3.31. The quantitative estimate of drug-likeness (QED) is 0.674. The van der Waals surface area contributed by atoms with E-state index in [1.165, 1.54) is 11.1 Å². The summed E-state index contributed by atoms with van der Waals surface area (Å²) in [7, 11) is 0. The zero-order chi connectivity index (χ0) is 15.1. The van der Waals surface area contributed by atoms with Gasteiger partial charge in [-0.1, -0.05) is 42.0 Å². The molecule has 0 fully saturated rings. The Kier molecular flexibility index (Phi) is 5.90. The third-order valence-corrected chi connectivity index (χ3v) is 4.25. The molecular formula is C18H22N2S. The molecule has 2 rings (SSSR count). The predicted molar refractivity (Wildman–Crippen MR) is 92.8 cm³/mol. The summed E-state index contributed by atoms with van der Waals surface area (Å²) in [6, 6.07) is 8.54. The van der Waals surface area contributed by atoms with Crippen molar-refractivity contribution >= 4 is 11.3 Å². The molecule has 2 aromatic rings. The summed E-state index contributed by atoms with van der Waals surface area (Å²) in [6.45, 7) is 12.5. The Balaban J connectivity index is 1.98. The van der Waals surface area contributed by atoms with Gasteiger partial charge >= 0.3 is 0 Å². The van der Waals surface area contributed by atoms with Gasteiger partial charge in [-0.3, -0.25) is 4.90 Å². The van der Waals surface area contributed by atoms with Crippen LogP contribution >= 0.6 is 11.3 Å². The van der Waals surface area contributed by atoms with E-state index in [0.29, 0.717) is 0 Å². The van der Waals surface area contributed by atoms with Crippen LogP contribution in [-0.4, -0.2) is 29.5 Å². The lowest BCUT2D eigenvalue weighted by atomic mass is 10.2. The molecule has 2 nitrogen and oxygen atoms in total. The van der Waals surface area contributed by atoms with E-state index in [0.717, 1.165) is 36.8 Å². The van der Waals surface area contributed by atoms with Gasteiger partial charge in [-0.05, 0) is 6.92 Å². The normalized spacial score (nSPS) is 10.8. The van der Waals surface area contributed by atoms with Crippen LogP contribution in [0.1, 0.15) is 11.3 Å². The Morgan fingerprint density at radius 3 is 2.43 bits per heavy atom. The zero-order valence-corrected chi connectivity index (χ0v) is 13.4. The first-order valence-corrected chi connectivity index (χ1v) is 8.06. The molecule has 0 spiro atoms. The molecule has 0 radical (unpaired) electrons. The van der Waals surface area contributed by atoms with Gasteiger partial charge in [-0.15, -0.1) is 24.5 Å². The van der Waals surface area contributed by atoms with E-state index in [1.54, 1.807) is 11.3 Å². The highest BCUT2D eigenvalue weighted by molar-refractivity contribution is 7.13. The topological polar surface area (TPSA) is 16.1 Å². The fraction of sp³-hybridized carbons (Fsp3) is 0.278. The fourth-order valence-electron chi connectivity index (χ4n) is 2.15. The molecular weight excluding hydrogens is 276 g/mol. The average Bonchev–Trinajstić information content (AvgIpc) is 2.95. The molecule has 21 heavy (non-hydrogen) atoms. The van der Waals surface area contributed by atoms with Gasteiger partial charge < -0.3 is 0 Å². The summed E-state index contributed by atoms with van der Waals surface area (Å²) in [6.07, 6.45) is 4.83. The van der Waals surface area contributed by atoms with E-state index in [1.807, 2.05) is 12.2 Å². The number of nitrogens with zero attached hydrogens (tertiary/aromatic N) is 2. The van der Waals surface area contributed by atoms with Crippen LogP contribution in [0.3, 0.4) is 0 Å². The largest absolute Gasteiger partial charge is 0.296 e. The SMILES string of the molecule is C=CCN(CC=C)CCc1csc(-c2ccc(C)cc2)n1. The summed E-state index contributed by atoms with van der Waals surface area (Å²) in [4.78, 5) is 7.05. The molecule has 0 aliphatic carbocycles. The lowest BCUT2D eigenvalue weighted by molar-refractivity contribution is 0.339. The minimum Gasteiger partial charge on any atom is -0.296 e. The molecule has 0 N–H and O–H groups in total. The molecule has 0 unspecified atom stereocenters. The van der Waals surface area contributed by atoms with Crippen LogP contribution in [0, 0.1) is 6.92 Å². The molecule has 3 heteroatoms. The maximum Gasteiger partial charge on any atom is 0.123 e. The first-order valence-electron chi connectivity index (χ1n) is 7.18. The van der Waals surface area contributed by atoms with Crippen LogP contribution < -0.4 is 0 Å². The van der Waals surface area contributed by atoms with Crippen molar-refractivity contribution in [2.75, 3.05) is 19.6 Å². The van der Waals surface area contributed by atoms with E-state index >= 15 is 0 Å². The van der Waals surface area contributed by atoms with Gasteiger partial charge in [-0.2, -0.15) is 0 Å². The molecule has 0 saturated heterocycles. The Hall–Kier alpha value is -1.71. The first kappa shape index (κ1) is 15.7. The van der Waals surface area contributed by atoms with Gasteiger partial charge in [0.25, 0.3) is 0 Å². The van der Waals surface area contributed by atoms with Crippen LogP contribution in [0.15, 0.2) is 55.0 Å². The molecule has 0 saturated carbocycles. The van der Waals surface area contributed by atoms with Gasteiger partial charge in [0.05, 0.1) is 5.69 Å². The summed E-state index contributed by atoms with van der Waals surface area (Å²) in [5, 5.41) is 3.26. The number of hydrogen-bond donors (Lipinski definition) is 0. The Morgan fingerprint density at radius 1 is 1.14 bits per heavy atom. The molecule has 0 amide bonds. The van der Waals surface area contributed by atoms with Crippen molar-refractivity contribution in [2.45, 2.75) is 13.3 Å². The first-order chi connectivity index (χ1) is 10.2. The second-order valence-electron chi connectivity index (χ2n) is 5.10. The van der Waals surface area contributed by atoms with E-state index in [4.69, 9.17) is 4.98 Å². The van der Waals surface area contributed by atoms with E-state index < -0.39 is 0 Å². The average molecular weight is 298 g/mol. The third kappa shape index (κ3) is 4.66. The molecule has 110 valence electrons. The summed E-state index contributed by atoms with van der Waals surface area (Å²) in [5.74, 6) is 0. The van der Waals surface area contributed by atoms with Crippen molar-refractivity contribution < 1.29 is 0 Å². The second-order valence-corrected chi connectivity index (χ2v) is 5.96. The van der Waals surface area contributed by atoms with Crippen molar-refractivity contribution in [3.63, 3.8) is 0 Å². The highest BCUT2D eigenvalue weighted by Gasteiger charge is 2.07. The van der Waals surface area contributed by atoms with Crippen LogP contribution in [0.2, 0.25) is 0 Å². The number of rotatable bonds is 8. The minimum atomic E-state index is 0.890. The number of hydrogen-bond acceptors (Lipinski definition) is 3. The monoisotopic (exact) mass is 298 g/mol. The lowest BCUT2D eigenvalue weighted by Gasteiger charge is -2.17. The van der Waals surface area contributed by atoms with Crippen molar-refractivity contribution in [1.82, 2.24) is 9.88 Å². The van der Waals surface area contributed by atoms with Crippen LogP contribution in [0.4, 0.5) is 0 Å². The van der Waals surface area contributed by atoms with Gasteiger partial charge in [0.1, 0.15) is 5.01 Å². The molecule has 0 aliphatic rings. The van der Waals surface area contributed by atoms with Crippen LogP contribution in [0.25, 0.3) is 10.6 Å². The van der Waals surface area contributed by atoms with Gasteiger partial charge in [0, 0.05) is 37.0 Å². The molecule has 0 atom stereocenters. The van der Waals surface area contributed by atoms with Crippen LogP contribution in [0.5, 0.6) is 0 Å². The fourth-order valence-corrected chi connectivity index (χ4v) is 3.01. The number of benzene rings is 1. The molecule has 1 heterocycles. The summed E-state index contributed by atoms with van der Waals surface area (Å²) in [5.41, 5.74) is 3.64. The highest BCUT2D eigenvalue weighted by Crippen LogP contribution is 2.24. The van der Waals surface area contributed by atoms with Crippen molar-refractivity contribution in [2.24, 2.45) is 0 Å². The van der Waals surface area contributed by atoms with Crippen molar-refractivity contribution in [1.29, 1.82) is 0 Å². The van der Waals surface area contributed by atoms with Crippen molar-refractivity contribution in [3.05, 3.63) is 66.2 Å². The maximum atomic E-state index is 4.74. The number of thiazole rings is 1. The Morgan fingerprint density at radius 2 is 1.81 bits per heavy atom. The number of aromatic nitrogens is 1. The Labute approximate surface area is 131 Å². The van der Waals surface area contributed by atoms with E-state index in [9.17, 15) is 0 Å². The standard InChI is InChI=1S/C18H22N2S/c1-4-11-20(12-5-2)13-10-17-14-21-18(19-17)16-8-6-15(3)7-9-16/h4-9,14H,1-2,10-13H2,3H3. The van der Waals surface area contributed by atoms with Gasteiger partial charge in [0.15, 0.2) is 0 Å². The molecule has 1 aromatic heterocycles. The minimum absolute atomic E-state index is 0.890.